The highest BCUT2D eigenvalue weighted by atomic mass is 19.4. The molecular formula is C33H34F4N4O4. The van der Waals surface area contributed by atoms with Gasteiger partial charge in [-0.25, -0.2) is 4.39 Å². The Morgan fingerprint density at radius 1 is 0.911 bits per heavy atom. The number of amides is 2. The fourth-order valence-electron chi connectivity index (χ4n) is 5.74. The minimum absolute atomic E-state index is 0.0278. The van der Waals surface area contributed by atoms with E-state index < -0.39 is 29.9 Å². The molecule has 2 saturated heterocycles. The molecule has 45 heavy (non-hydrogen) atoms. The highest BCUT2D eigenvalue weighted by Gasteiger charge is 2.33. The molecule has 0 saturated carbocycles. The van der Waals surface area contributed by atoms with E-state index >= 15 is 0 Å². The van der Waals surface area contributed by atoms with E-state index in [0.29, 0.717) is 62.3 Å². The van der Waals surface area contributed by atoms with Crippen molar-refractivity contribution in [1.29, 1.82) is 0 Å². The summed E-state index contributed by atoms with van der Waals surface area (Å²) in [6.45, 7) is 1.60. The zero-order chi connectivity index (χ0) is 32.1. The number of ketones is 1. The van der Waals surface area contributed by atoms with Crippen molar-refractivity contribution in [2.24, 2.45) is 5.92 Å². The molecule has 2 fully saturated rings. The number of carbonyl (C=O) groups excluding carboxylic acids is 3. The molecular weight excluding hydrogens is 592 g/mol. The van der Waals surface area contributed by atoms with Crippen LogP contribution in [0.3, 0.4) is 0 Å². The maximum Gasteiger partial charge on any atom is 0.416 e. The second kappa shape index (κ2) is 13.8. The Hall–Kier alpha value is -4.32. The van der Waals surface area contributed by atoms with Gasteiger partial charge >= 0.3 is 6.18 Å². The van der Waals surface area contributed by atoms with Crippen LogP contribution in [0.15, 0.2) is 66.9 Å². The van der Waals surface area contributed by atoms with Crippen molar-refractivity contribution in [2.45, 2.75) is 44.2 Å². The predicted octanol–water partition coefficient (Wildman–Crippen LogP) is 5.19. The number of likely N-dealkylation sites (tertiary alicyclic amines) is 2. The first-order chi connectivity index (χ1) is 21.5. The molecule has 12 heteroatoms. The summed E-state index contributed by atoms with van der Waals surface area (Å²) in [5, 5.41) is 2.70. The van der Waals surface area contributed by atoms with Crippen molar-refractivity contribution in [3.05, 3.63) is 94.8 Å². The number of alkyl halides is 4. The minimum Gasteiger partial charge on any atom is -0.497 e. The van der Waals surface area contributed by atoms with Crippen LogP contribution in [0.5, 0.6) is 5.75 Å². The van der Waals surface area contributed by atoms with Crippen LogP contribution < -0.4 is 10.1 Å². The van der Waals surface area contributed by atoms with Crippen molar-refractivity contribution in [3.8, 4) is 5.75 Å². The summed E-state index contributed by atoms with van der Waals surface area (Å²) in [5.41, 5.74) is 0.881. The molecule has 2 aliphatic rings. The lowest BCUT2D eigenvalue weighted by atomic mass is 9.88. The second-order valence-electron chi connectivity index (χ2n) is 11.4. The predicted molar refractivity (Wildman–Crippen MR) is 158 cm³/mol. The number of hydrogen-bond donors (Lipinski definition) is 1. The van der Waals surface area contributed by atoms with Crippen molar-refractivity contribution in [2.75, 3.05) is 33.3 Å². The Morgan fingerprint density at radius 2 is 1.58 bits per heavy atom. The number of halogens is 4. The van der Waals surface area contributed by atoms with E-state index in [0.717, 1.165) is 12.1 Å². The Bertz CT molecular complexity index is 1490. The van der Waals surface area contributed by atoms with Crippen LogP contribution in [-0.2, 0) is 12.7 Å². The summed E-state index contributed by atoms with van der Waals surface area (Å²) in [7, 11) is 1.56. The minimum atomic E-state index is -4.41. The van der Waals surface area contributed by atoms with E-state index in [2.05, 4.69) is 10.3 Å². The Labute approximate surface area is 258 Å². The Balaban J connectivity index is 1.08. The zero-order valence-corrected chi connectivity index (χ0v) is 24.7. The fourth-order valence-corrected chi connectivity index (χ4v) is 5.74. The number of methoxy groups -OCH3 is 1. The maximum absolute atomic E-state index is 15.0. The number of hydrogen-bond acceptors (Lipinski definition) is 6. The third kappa shape index (κ3) is 7.86. The average molecular weight is 627 g/mol. The number of nitrogens with zero attached hydrogens (tertiary/aromatic N) is 3. The van der Waals surface area contributed by atoms with E-state index in [1.807, 2.05) is 0 Å². The van der Waals surface area contributed by atoms with E-state index in [1.54, 1.807) is 41.2 Å². The van der Waals surface area contributed by atoms with Crippen LogP contribution in [0.2, 0.25) is 0 Å². The first-order valence-corrected chi connectivity index (χ1v) is 14.8. The monoisotopic (exact) mass is 626 g/mol. The van der Waals surface area contributed by atoms with Gasteiger partial charge in [0.2, 0.25) is 0 Å². The molecule has 5 rings (SSSR count). The van der Waals surface area contributed by atoms with E-state index in [-0.39, 0.29) is 35.4 Å². The van der Waals surface area contributed by atoms with Crippen LogP contribution in [0.1, 0.15) is 61.6 Å². The molecule has 3 heterocycles. The van der Waals surface area contributed by atoms with Gasteiger partial charge in [0, 0.05) is 50.4 Å². The lowest BCUT2D eigenvalue weighted by molar-refractivity contribution is -0.137. The van der Waals surface area contributed by atoms with E-state index in [4.69, 9.17) is 4.74 Å². The molecule has 0 aliphatic carbocycles. The number of piperidine rings is 2. The lowest BCUT2D eigenvalue weighted by Crippen LogP contribution is -2.52. The summed E-state index contributed by atoms with van der Waals surface area (Å²) < 4.78 is 58.5. The molecule has 2 atom stereocenters. The molecule has 2 amide bonds. The van der Waals surface area contributed by atoms with Gasteiger partial charge in [-0.2, -0.15) is 13.2 Å². The highest BCUT2D eigenvalue weighted by molar-refractivity contribution is 5.99. The van der Waals surface area contributed by atoms with Gasteiger partial charge in [0.1, 0.15) is 17.6 Å². The molecule has 0 bridgehead atoms. The van der Waals surface area contributed by atoms with Crippen LogP contribution in [0, 0.1) is 5.92 Å². The van der Waals surface area contributed by atoms with E-state index in [1.165, 1.54) is 30.5 Å². The molecule has 238 valence electrons. The molecule has 3 aromatic rings. The van der Waals surface area contributed by atoms with Gasteiger partial charge in [0.25, 0.3) is 11.8 Å². The molecule has 0 radical (unpaired) electrons. The van der Waals surface area contributed by atoms with Gasteiger partial charge in [-0.15, -0.1) is 0 Å². The van der Waals surface area contributed by atoms with Gasteiger partial charge in [-0.05, 0) is 73.4 Å². The van der Waals surface area contributed by atoms with Crippen molar-refractivity contribution in [1.82, 2.24) is 20.1 Å². The third-order valence-corrected chi connectivity index (χ3v) is 8.40. The summed E-state index contributed by atoms with van der Waals surface area (Å²) in [4.78, 5) is 46.4. The second-order valence-corrected chi connectivity index (χ2v) is 11.4. The number of rotatable bonds is 8. The summed E-state index contributed by atoms with van der Waals surface area (Å²) in [5.74, 6) is -0.270. The van der Waals surface area contributed by atoms with Crippen molar-refractivity contribution < 1.29 is 36.7 Å². The number of Topliss-reactive ketones (excluding diaryl/α,β-unsaturated/α-hetero) is 1. The molecule has 0 spiro atoms. The van der Waals surface area contributed by atoms with Crippen LogP contribution in [-0.4, -0.2) is 77.9 Å². The average Bonchev–Trinajstić information content (AvgIpc) is 3.05. The first kappa shape index (κ1) is 32.1. The molecule has 8 nitrogen and oxygen atoms in total. The summed E-state index contributed by atoms with van der Waals surface area (Å²) in [6, 6.07) is 14.0. The maximum atomic E-state index is 15.0. The molecule has 2 aliphatic heterocycles. The molecule has 1 N–H and O–H groups in total. The summed E-state index contributed by atoms with van der Waals surface area (Å²) in [6.07, 6.45) is -3.10. The van der Waals surface area contributed by atoms with Crippen molar-refractivity contribution in [3.63, 3.8) is 0 Å². The standard InChI is InChI=1S/C33H34F4N4O4/c1-45-26-9-4-22(5-10-26)30(42)23-12-16-41(17-13-23)32(44)29-11-6-24(18-38-29)31(43)39-28-14-15-40(20-27(28)34)19-21-2-7-25(8-3-21)33(35,36)37/h2-11,18,23,27-28H,12-17,19-20H2,1H3,(H,39,43)/t27-,28-/m1/s1. The number of ether oxygens (including phenoxy) is 1. The Morgan fingerprint density at radius 3 is 2.16 bits per heavy atom. The SMILES string of the molecule is COc1ccc(C(=O)C2CCN(C(=O)c3ccc(C(=O)N[C@@H]4CCN(Cc5ccc(C(F)(F)F)cc5)C[C@H]4F)cn3)CC2)cc1. The highest BCUT2D eigenvalue weighted by Crippen LogP contribution is 2.29. The van der Waals surface area contributed by atoms with Crippen LogP contribution in [0.25, 0.3) is 0 Å². The van der Waals surface area contributed by atoms with E-state index in [9.17, 15) is 31.9 Å². The third-order valence-electron chi connectivity index (χ3n) is 8.40. The molecule has 2 aromatic carbocycles. The van der Waals surface area contributed by atoms with Gasteiger partial charge in [0.15, 0.2) is 5.78 Å². The van der Waals surface area contributed by atoms with Crippen LogP contribution >= 0.6 is 0 Å². The quantitative estimate of drug-likeness (QED) is 0.274. The first-order valence-electron chi connectivity index (χ1n) is 14.8. The largest absolute Gasteiger partial charge is 0.497 e. The fraction of sp³-hybridized carbons (Fsp3) is 0.394. The molecule has 0 unspecified atom stereocenters. The number of nitrogens with one attached hydrogen (secondary N) is 1. The van der Waals surface area contributed by atoms with Gasteiger partial charge < -0.3 is 15.0 Å². The number of pyridine rings is 1. The Kier molecular flexibility index (Phi) is 9.81. The smallest absolute Gasteiger partial charge is 0.416 e. The number of aromatic nitrogens is 1. The molecule has 1 aromatic heterocycles. The van der Waals surface area contributed by atoms with Gasteiger partial charge in [-0.3, -0.25) is 24.3 Å². The summed E-state index contributed by atoms with van der Waals surface area (Å²) >= 11 is 0. The van der Waals surface area contributed by atoms with Gasteiger partial charge in [0.05, 0.1) is 24.3 Å². The van der Waals surface area contributed by atoms with Gasteiger partial charge in [-0.1, -0.05) is 12.1 Å². The number of carbonyl (C=O) groups is 3. The topological polar surface area (TPSA) is 91.8 Å². The number of benzene rings is 2. The van der Waals surface area contributed by atoms with Crippen LogP contribution in [0.4, 0.5) is 17.6 Å². The lowest BCUT2D eigenvalue weighted by Gasteiger charge is -2.35. The zero-order valence-electron chi connectivity index (χ0n) is 24.7. The van der Waals surface area contributed by atoms with Crippen molar-refractivity contribution >= 4 is 17.6 Å². The normalized spacial score (nSPS) is 19.6.